The van der Waals surface area contributed by atoms with E-state index in [-0.39, 0.29) is 0 Å². The van der Waals surface area contributed by atoms with E-state index in [1.165, 1.54) is 0 Å². The van der Waals surface area contributed by atoms with Gasteiger partial charge in [0.15, 0.2) is 0 Å². The minimum absolute atomic E-state index is 0.446. The maximum absolute atomic E-state index is 9.18. The molecule has 0 unspecified atom stereocenters. The van der Waals surface area contributed by atoms with Crippen LogP contribution in [0.4, 0.5) is 0 Å². The van der Waals surface area contributed by atoms with Crippen molar-refractivity contribution in [1.29, 1.82) is 0 Å². The van der Waals surface area contributed by atoms with E-state index in [2.05, 4.69) is 0 Å². The van der Waals surface area contributed by atoms with Crippen LogP contribution in [0.3, 0.4) is 0 Å². The summed E-state index contributed by atoms with van der Waals surface area (Å²) in [4.78, 5) is 0. The fraction of sp³-hybridized carbons (Fsp3) is 1.00. The molecule has 1 aliphatic heterocycles. The number of hydrogen-bond donors (Lipinski definition) is 5. The smallest absolute Gasteiger partial charge is 0.135 e. The maximum Gasteiger partial charge on any atom is 0.135 e. The van der Waals surface area contributed by atoms with Gasteiger partial charge in [0.25, 0.3) is 0 Å². The van der Waals surface area contributed by atoms with Crippen LogP contribution in [0.25, 0.3) is 0 Å². The van der Waals surface area contributed by atoms with Crippen molar-refractivity contribution in [2.24, 2.45) is 5.73 Å². The van der Waals surface area contributed by atoms with Gasteiger partial charge in [-0.1, -0.05) is 0 Å². The summed E-state index contributed by atoms with van der Waals surface area (Å²) in [6.45, 7) is -0.446. The molecule has 5 atom stereocenters. The first-order valence-electron chi connectivity index (χ1n) is 3.64. The normalized spacial score (nSPS) is 49.2. The first-order valence-corrected chi connectivity index (χ1v) is 3.64. The average Bonchev–Trinajstić information content (AvgIpc) is 2.08. The Hall–Kier alpha value is -0.240. The van der Waals surface area contributed by atoms with Crippen LogP contribution < -0.4 is 5.73 Å². The molecule has 0 aromatic carbocycles. The second-order valence-corrected chi connectivity index (χ2v) is 2.79. The Labute approximate surface area is 69.2 Å². The molecule has 1 rings (SSSR count). The molecule has 1 fully saturated rings. The van der Waals surface area contributed by atoms with Crippen LogP contribution in [0.5, 0.6) is 0 Å². The van der Waals surface area contributed by atoms with E-state index in [0.717, 1.165) is 0 Å². The SMILES string of the molecule is N[C@@H]1O[C@@H](CO)[C@H](O)[C@@H](O)[C@@H]1O. The number of aliphatic hydroxyl groups excluding tert-OH is 4. The number of aliphatic hydroxyl groups is 4. The zero-order valence-electron chi connectivity index (χ0n) is 6.37. The van der Waals surface area contributed by atoms with E-state index in [1.807, 2.05) is 0 Å². The molecule has 6 N–H and O–H groups in total. The second kappa shape index (κ2) is 3.65. The molecule has 0 radical (unpaired) electrons. The standard InChI is InChI=1S/C6H13NO5/c7-6-5(11)4(10)3(9)2(1-8)12-6/h2-6,8-11H,1,7H2/t2-,3-,4+,5-,6+/m0/s1. The summed E-state index contributed by atoms with van der Waals surface area (Å²) in [5, 5.41) is 36.1. The van der Waals surface area contributed by atoms with Gasteiger partial charge in [-0.25, -0.2) is 0 Å². The van der Waals surface area contributed by atoms with Crippen molar-refractivity contribution in [3.63, 3.8) is 0 Å². The molecule has 12 heavy (non-hydrogen) atoms. The quantitative estimate of drug-likeness (QED) is 0.288. The average molecular weight is 179 g/mol. The molecular formula is C6H13NO5. The summed E-state index contributed by atoms with van der Waals surface area (Å²) >= 11 is 0. The fourth-order valence-electron chi connectivity index (χ4n) is 1.13. The van der Waals surface area contributed by atoms with Crippen molar-refractivity contribution < 1.29 is 25.2 Å². The fourth-order valence-corrected chi connectivity index (χ4v) is 1.13. The predicted octanol–water partition coefficient (Wildman–Crippen LogP) is -3.25. The molecule has 0 aliphatic carbocycles. The highest BCUT2D eigenvalue weighted by atomic mass is 16.6. The first kappa shape index (κ1) is 9.85. The molecule has 1 saturated heterocycles. The summed E-state index contributed by atoms with van der Waals surface area (Å²) in [5.74, 6) is 0. The highest BCUT2D eigenvalue weighted by Gasteiger charge is 2.41. The van der Waals surface area contributed by atoms with Crippen LogP contribution in [0, 0.1) is 0 Å². The Kier molecular flexibility index (Phi) is 2.99. The van der Waals surface area contributed by atoms with Gasteiger partial charge >= 0.3 is 0 Å². The molecule has 72 valence electrons. The van der Waals surface area contributed by atoms with Gasteiger partial charge in [-0.05, 0) is 0 Å². The van der Waals surface area contributed by atoms with Gasteiger partial charge in [-0.3, -0.25) is 0 Å². The van der Waals surface area contributed by atoms with Crippen LogP contribution >= 0.6 is 0 Å². The van der Waals surface area contributed by atoms with Gasteiger partial charge in [-0.2, -0.15) is 0 Å². The van der Waals surface area contributed by atoms with Crippen molar-refractivity contribution in [2.75, 3.05) is 6.61 Å². The van der Waals surface area contributed by atoms with Crippen molar-refractivity contribution in [1.82, 2.24) is 0 Å². The monoisotopic (exact) mass is 179 g/mol. The number of rotatable bonds is 1. The van der Waals surface area contributed by atoms with Crippen LogP contribution in [-0.4, -0.2) is 57.7 Å². The zero-order chi connectivity index (χ0) is 9.30. The van der Waals surface area contributed by atoms with Crippen LogP contribution in [-0.2, 0) is 4.74 Å². The van der Waals surface area contributed by atoms with Crippen LogP contribution in [0.1, 0.15) is 0 Å². The van der Waals surface area contributed by atoms with Gasteiger partial charge < -0.3 is 30.9 Å². The maximum atomic E-state index is 9.18. The van der Waals surface area contributed by atoms with Crippen molar-refractivity contribution >= 4 is 0 Å². The molecule has 1 heterocycles. The molecule has 0 aromatic heterocycles. The highest BCUT2D eigenvalue weighted by molar-refractivity contribution is 4.89. The van der Waals surface area contributed by atoms with Gasteiger partial charge in [0.05, 0.1) is 6.61 Å². The molecular weight excluding hydrogens is 166 g/mol. The lowest BCUT2D eigenvalue weighted by Gasteiger charge is -2.38. The lowest BCUT2D eigenvalue weighted by Crippen LogP contribution is -2.61. The Bertz CT molecular complexity index is 150. The number of nitrogens with two attached hydrogens (primary N) is 1. The molecule has 0 amide bonds. The van der Waals surface area contributed by atoms with Crippen molar-refractivity contribution in [3.8, 4) is 0 Å². The molecule has 6 heteroatoms. The van der Waals surface area contributed by atoms with E-state index in [4.69, 9.17) is 25.8 Å². The lowest BCUT2D eigenvalue weighted by atomic mass is 9.99. The third-order valence-corrected chi connectivity index (χ3v) is 1.93. The van der Waals surface area contributed by atoms with Crippen LogP contribution in [0.15, 0.2) is 0 Å². The van der Waals surface area contributed by atoms with Crippen molar-refractivity contribution in [2.45, 2.75) is 30.6 Å². The third kappa shape index (κ3) is 1.58. The first-order chi connectivity index (χ1) is 5.57. The van der Waals surface area contributed by atoms with E-state index in [0.29, 0.717) is 0 Å². The van der Waals surface area contributed by atoms with E-state index in [1.54, 1.807) is 0 Å². The summed E-state index contributed by atoms with van der Waals surface area (Å²) in [7, 11) is 0. The van der Waals surface area contributed by atoms with Gasteiger partial charge in [0.1, 0.15) is 30.6 Å². The molecule has 0 saturated carbocycles. The van der Waals surface area contributed by atoms with Gasteiger partial charge in [0.2, 0.25) is 0 Å². The summed E-state index contributed by atoms with van der Waals surface area (Å²) in [6, 6.07) is 0. The molecule has 0 aromatic rings. The predicted molar refractivity (Wildman–Crippen MR) is 38.0 cm³/mol. The largest absolute Gasteiger partial charge is 0.394 e. The molecule has 6 nitrogen and oxygen atoms in total. The minimum atomic E-state index is -1.37. The Balaban J connectivity index is 2.63. The summed E-state index contributed by atoms with van der Waals surface area (Å²) < 4.78 is 4.80. The highest BCUT2D eigenvalue weighted by Crippen LogP contribution is 2.17. The van der Waals surface area contributed by atoms with Crippen LogP contribution in [0.2, 0.25) is 0 Å². The zero-order valence-corrected chi connectivity index (χ0v) is 6.37. The van der Waals surface area contributed by atoms with E-state index < -0.39 is 37.3 Å². The van der Waals surface area contributed by atoms with E-state index in [9.17, 15) is 5.11 Å². The van der Waals surface area contributed by atoms with Crippen molar-refractivity contribution in [3.05, 3.63) is 0 Å². The van der Waals surface area contributed by atoms with Gasteiger partial charge in [0, 0.05) is 0 Å². The molecule has 0 bridgehead atoms. The Morgan fingerprint density at radius 3 is 2.17 bits per heavy atom. The van der Waals surface area contributed by atoms with Gasteiger partial charge in [-0.15, -0.1) is 0 Å². The topological polar surface area (TPSA) is 116 Å². The third-order valence-electron chi connectivity index (χ3n) is 1.93. The number of ether oxygens (including phenoxy) is 1. The molecule has 1 aliphatic rings. The lowest BCUT2D eigenvalue weighted by molar-refractivity contribution is -0.227. The number of hydrogen-bond acceptors (Lipinski definition) is 6. The second-order valence-electron chi connectivity index (χ2n) is 2.79. The minimum Gasteiger partial charge on any atom is -0.394 e. The Morgan fingerprint density at radius 2 is 1.67 bits per heavy atom. The Morgan fingerprint density at radius 1 is 1.08 bits per heavy atom. The molecule has 0 spiro atoms. The van der Waals surface area contributed by atoms with E-state index >= 15 is 0 Å². The summed E-state index contributed by atoms with van der Waals surface area (Å²) in [5.41, 5.74) is 5.24. The summed E-state index contributed by atoms with van der Waals surface area (Å²) in [6.07, 6.45) is -5.99.